The molecule has 0 radical (unpaired) electrons. The highest BCUT2D eigenvalue weighted by Gasteiger charge is 2.07. The number of nitrogens with zero attached hydrogens (tertiary/aromatic N) is 2. The van der Waals surface area contributed by atoms with Gasteiger partial charge in [0.25, 0.3) is 0 Å². The molecule has 0 bridgehead atoms. The van der Waals surface area contributed by atoms with Crippen molar-refractivity contribution in [1.29, 1.82) is 10.5 Å². The van der Waals surface area contributed by atoms with Crippen molar-refractivity contribution in [3.63, 3.8) is 0 Å². The average Bonchev–Trinajstić information content (AvgIpc) is 2.74. The summed E-state index contributed by atoms with van der Waals surface area (Å²) in [4.78, 5) is 24.4. The summed E-state index contributed by atoms with van der Waals surface area (Å²) in [5.41, 5.74) is 2.77. The molecular weight excluding hydrogens is 380 g/mol. The van der Waals surface area contributed by atoms with Crippen molar-refractivity contribution in [3.05, 3.63) is 83.9 Å². The predicted molar refractivity (Wildman–Crippen MR) is 114 cm³/mol. The smallest absolute Gasteiger partial charge is 0.308 e. The fourth-order valence-corrected chi connectivity index (χ4v) is 2.59. The Labute approximate surface area is 172 Å². The second-order valence-corrected chi connectivity index (χ2v) is 6.12. The number of amides is 4. The number of rotatable bonds is 4. The Morgan fingerprint density at radius 3 is 1.27 bits per heavy atom. The van der Waals surface area contributed by atoms with Gasteiger partial charge in [-0.15, -0.1) is 0 Å². The van der Waals surface area contributed by atoms with Crippen LogP contribution in [0.2, 0.25) is 0 Å². The second kappa shape index (κ2) is 9.40. The molecule has 0 aliphatic rings. The van der Waals surface area contributed by atoms with E-state index in [0.717, 1.165) is 0 Å². The lowest BCUT2D eigenvalue weighted by Gasteiger charge is -2.11. The van der Waals surface area contributed by atoms with Crippen molar-refractivity contribution >= 4 is 34.8 Å². The Hall–Kier alpha value is -4.82. The first-order valence-electron chi connectivity index (χ1n) is 8.82. The lowest BCUT2D eigenvalue weighted by Crippen LogP contribution is -2.21. The number of urea groups is 2. The van der Waals surface area contributed by atoms with E-state index in [1.807, 2.05) is 12.1 Å². The Kier molecular flexibility index (Phi) is 6.24. The third-order valence-electron chi connectivity index (χ3n) is 3.88. The molecule has 0 aliphatic carbocycles. The molecule has 0 saturated heterocycles. The third kappa shape index (κ3) is 5.59. The molecule has 0 saturated carbocycles. The van der Waals surface area contributed by atoms with Crippen LogP contribution in [0.3, 0.4) is 0 Å². The Morgan fingerprint density at radius 1 is 0.567 bits per heavy atom. The van der Waals surface area contributed by atoms with E-state index in [4.69, 9.17) is 10.5 Å². The first-order chi connectivity index (χ1) is 14.6. The number of hydrogen-bond donors (Lipinski definition) is 4. The maximum absolute atomic E-state index is 12.2. The first-order valence-corrected chi connectivity index (χ1v) is 8.82. The van der Waals surface area contributed by atoms with Crippen molar-refractivity contribution in [3.8, 4) is 12.1 Å². The largest absolute Gasteiger partial charge is 0.323 e. The molecule has 8 heteroatoms. The molecular formula is C22H16N6O2. The molecule has 0 atom stereocenters. The number of nitriles is 2. The van der Waals surface area contributed by atoms with Crippen LogP contribution >= 0.6 is 0 Å². The standard InChI is InChI=1S/C22H16N6O2/c23-13-15-4-1-6-17(10-15)25-21(29)27-19-8-3-9-20(12-19)28-22(30)26-18-7-2-5-16(11-18)14-24/h1-12H,(H2,25,27,29)(H2,26,28,30). The molecule has 0 unspecified atom stereocenters. The van der Waals surface area contributed by atoms with E-state index in [1.165, 1.54) is 0 Å². The minimum absolute atomic E-state index is 0.435. The molecule has 30 heavy (non-hydrogen) atoms. The van der Waals surface area contributed by atoms with E-state index in [9.17, 15) is 9.59 Å². The third-order valence-corrected chi connectivity index (χ3v) is 3.88. The van der Waals surface area contributed by atoms with Crippen LogP contribution in [0.15, 0.2) is 72.8 Å². The molecule has 0 spiro atoms. The van der Waals surface area contributed by atoms with Crippen LogP contribution in [0.25, 0.3) is 0 Å². The summed E-state index contributed by atoms with van der Waals surface area (Å²) >= 11 is 0. The zero-order valence-corrected chi connectivity index (χ0v) is 15.6. The van der Waals surface area contributed by atoms with Gasteiger partial charge in [0.05, 0.1) is 23.3 Å². The first kappa shape index (κ1) is 19.9. The summed E-state index contributed by atoms with van der Waals surface area (Å²) in [5.74, 6) is 0. The van der Waals surface area contributed by atoms with Crippen LogP contribution in [0, 0.1) is 22.7 Å². The van der Waals surface area contributed by atoms with Crippen molar-refractivity contribution in [2.45, 2.75) is 0 Å². The fourth-order valence-electron chi connectivity index (χ4n) is 2.59. The van der Waals surface area contributed by atoms with E-state index in [1.54, 1.807) is 72.8 Å². The summed E-state index contributed by atoms with van der Waals surface area (Å²) in [7, 11) is 0. The highest BCUT2D eigenvalue weighted by molar-refractivity contribution is 6.02. The summed E-state index contributed by atoms with van der Waals surface area (Å²) in [5, 5.41) is 28.5. The number of hydrogen-bond acceptors (Lipinski definition) is 4. The maximum atomic E-state index is 12.2. The van der Waals surface area contributed by atoms with Gasteiger partial charge >= 0.3 is 12.1 Å². The van der Waals surface area contributed by atoms with Crippen LogP contribution in [-0.2, 0) is 0 Å². The molecule has 4 amide bonds. The van der Waals surface area contributed by atoms with Gasteiger partial charge < -0.3 is 21.3 Å². The number of anilines is 4. The lowest BCUT2D eigenvalue weighted by atomic mass is 10.2. The van der Waals surface area contributed by atoms with Gasteiger partial charge in [-0.1, -0.05) is 18.2 Å². The molecule has 3 rings (SSSR count). The summed E-state index contributed by atoms with van der Waals surface area (Å²) in [6.07, 6.45) is 0. The van der Waals surface area contributed by atoms with Crippen LogP contribution in [0.4, 0.5) is 32.3 Å². The molecule has 0 aliphatic heterocycles. The van der Waals surface area contributed by atoms with Crippen LogP contribution in [0.5, 0.6) is 0 Å². The molecule has 3 aromatic carbocycles. The molecule has 0 fully saturated rings. The van der Waals surface area contributed by atoms with Gasteiger partial charge in [0, 0.05) is 22.7 Å². The highest BCUT2D eigenvalue weighted by atomic mass is 16.2. The molecule has 0 heterocycles. The molecule has 8 nitrogen and oxygen atoms in total. The monoisotopic (exact) mass is 396 g/mol. The highest BCUT2D eigenvalue weighted by Crippen LogP contribution is 2.17. The zero-order chi connectivity index (χ0) is 21.3. The van der Waals surface area contributed by atoms with Crippen LogP contribution in [-0.4, -0.2) is 12.1 Å². The number of carbonyl (C=O) groups excluding carboxylic acids is 2. The SMILES string of the molecule is N#Cc1cccc(NC(=O)Nc2cccc(NC(=O)Nc3cccc(C#N)c3)c2)c1. The van der Waals surface area contributed by atoms with E-state index >= 15 is 0 Å². The van der Waals surface area contributed by atoms with Gasteiger partial charge in [-0.05, 0) is 54.6 Å². The van der Waals surface area contributed by atoms with Gasteiger partial charge in [0.15, 0.2) is 0 Å². The van der Waals surface area contributed by atoms with Gasteiger partial charge in [-0.25, -0.2) is 9.59 Å². The van der Waals surface area contributed by atoms with Crippen molar-refractivity contribution in [1.82, 2.24) is 0 Å². The Bertz CT molecular complexity index is 1090. The predicted octanol–water partition coefficient (Wildman–Crippen LogP) is 4.72. The molecule has 146 valence electrons. The minimum Gasteiger partial charge on any atom is -0.308 e. The number of nitrogens with one attached hydrogen (secondary N) is 4. The van der Waals surface area contributed by atoms with Gasteiger partial charge in [-0.2, -0.15) is 10.5 Å². The fraction of sp³-hybridized carbons (Fsp3) is 0. The Morgan fingerprint density at radius 2 is 0.900 bits per heavy atom. The summed E-state index contributed by atoms with van der Waals surface area (Å²) in [6.45, 7) is 0. The Balaban J connectivity index is 1.59. The topological polar surface area (TPSA) is 130 Å². The van der Waals surface area contributed by atoms with Crippen molar-refractivity contribution < 1.29 is 9.59 Å². The van der Waals surface area contributed by atoms with Crippen molar-refractivity contribution in [2.24, 2.45) is 0 Å². The van der Waals surface area contributed by atoms with E-state index in [2.05, 4.69) is 21.3 Å². The second-order valence-electron chi connectivity index (χ2n) is 6.12. The van der Waals surface area contributed by atoms with Gasteiger partial charge in [0.1, 0.15) is 0 Å². The number of carbonyl (C=O) groups is 2. The molecule has 3 aromatic rings. The quantitative estimate of drug-likeness (QED) is 0.508. The van der Waals surface area contributed by atoms with E-state index < -0.39 is 12.1 Å². The zero-order valence-electron chi connectivity index (χ0n) is 15.6. The summed E-state index contributed by atoms with van der Waals surface area (Å²) in [6, 6.07) is 22.7. The average molecular weight is 396 g/mol. The molecule has 0 aromatic heterocycles. The van der Waals surface area contributed by atoms with E-state index in [0.29, 0.717) is 33.9 Å². The normalized spacial score (nSPS) is 9.53. The molecule has 4 N–H and O–H groups in total. The summed E-state index contributed by atoms with van der Waals surface area (Å²) < 4.78 is 0. The number of benzene rings is 3. The van der Waals surface area contributed by atoms with Gasteiger partial charge in [-0.3, -0.25) is 0 Å². The lowest BCUT2D eigenvalue weighted by molar-refractivity contribution is 0.261. The maximum Gasteiger partial charge on any atom is 0.323 e. The van der Waals surface area contributed by atoms with Crippen LogP contribution in [0.1, 0.15) is 11.1 Å². The van der Waals surface area contributed by atoms with E-state index in [-0.39, 0.29) is 0 Å². The minimum atomic E-state index is -0.486. The van der Waals surface area contributed by atoms with Gasteiger partial charge in [0.2, 0.25) is 0 Å². The van der Waals surface area contributed by atoms with Crippen LogP contribution < -0.4 is 21.3 Å². The van der Waals surface area contributed by atoms with Crippen molar-refractivity contribution in [2.75, 3.05) is 21.3 Å².